The number of imidazole rings is 1. The Kier molecular flexibility index (Phi) is 5.56. The fourth-order valence-corrected chi connectivity index (χ4v) is 3.68. The quantitative estimate of drug-likeness (QED) is 0.478. The normalized spacial score (nSPS) is 14.0. The van der Waals surface area contributed by atoms with Crippen molar-refractivity contribution in [3.63, 3.8) is 0 Å². The monoisotopic (exact) mass is 470 g/mol. The maximum absolute atomic E-state index is 12.6. The van der Waals surface area contributed by atoms with E-state index < -0.39 is 5.97 Å². The molecule has 1 amide bonds. The number of nitrogens with one attached hydrogen (secondary N) is 2. The molecular formula is C21H19BrN4O4. The molecule has 3 aromatic rings. The van der Waals surface area contributed by atoms with Gasteiger partial charge in [-0.15, -0.1) is 0 Å². The number of halogens is 1. The number of methoxy groups -OCH3 is 1. The Morgan fingerprint density at radius 3 is 2.77 bits per heavy atom. The lowest BCUT2D eigenvalue weighted by molar-refractivity contribution is -0.136. The van der Waals surface area contributed by atoms with Gasteiger partial charge in [-0.05, 0) is 42.5 Å². The van der Waals surface area contributed by atoms with Crippen LogP contribution in [0.1, 0.15) is 0 Å². The van der Waals surface area contributed by atoms with Crippen LogP contribution in [-0.2, 0) is 14.3 Å². The summed E-state index contributed by atoms with van der Waals surface area (Å²) < 4.78 is 5.77. The topological polar surface area (TPSA) is 108 Å². The molecule has 2 heterocycles. The van der Waals surface area contributed by atoms with E-state index in [1.807, 2.05) is 42.5 Å². The molecule has 8 nitrogen and oxygen atoms in total. The summed E-state index contributed by atoms with van der Waals surface area (Å²) in [5.74, 6) is -0.192. The van der Waals surface area contributed by atoms with Crippen LogP contribution < -0.4 is 5.32 Å². The molecule has 1 aliphatic rings. The van der Waals surface area contributed by atoms with Crippen molar-refractivity contribution in [2.45, 2.75) is 0 Å². The van der Waals surface area contributed by atoms with E-state index in [0.717, 1.165) is 26.9 Å². The van der Waals surface area contributed by atoms with Gasteiger partial charge in [-0.1, -0.05) is 15.9 Å². The van der Waals surface area contributed by atoms with Crippen molar-refractivity contribution in [1.82, 2.24) is 14.9 Å². The second kappa shape index (κ2) is 8.29. The minimum Gasteiger partial charge on any atom is -0.466 e. The summed E-state index contributed by atoms with van der Waals surface area (Å²) in [5, 5.41) is 12.2. The molecular weight excluding hydrogens is 452 g/mol. The summed E-state index contributed by atoms with van der Waals surface area (Å²) in [6, 6.07) is 13.2. The fraction of sp³-hybridized carbons (Fsp3) is 0.190. The molecule has 2 aromatic carbocycles. The summed E-state index contributed by atoms with van der Waals surface area (Å²) in [4.78, 5) is 34.0. The number of hydrogen-bond acceptors (Lipinski definition) is 6. The van der Waals surface area contributed by atoms with Gasteiger partial charge in [0.25, 0.3) is 5.91 Å². The molecule has 0 radical (unpaired) electrons. The maximum atomic E-state index is 12.6. The number of H-pyrrole nitrogens is 1. The molecule has 4 rings (SSSR count). The Bertz CT molecular complexity index is 1150. The third-order valence-corrected chi connectivity index (χ3v) is 5.32. The lowest BCUT2D eigenvalue weighted by atomic mass is 10.2. The van der Waals surface area contributed by atoms with Gasteiger partial charge >= 0.3 is 5.97 Å². The number of rotatable bonds is 6. The van der Waals surface area contributed by atoms with Crippen LogP contribution in [-0.4, -0.2) is 58.7 Å². The minimum atomic E-state index is -0.573. The van der Waals surface area contributed by atoms with Gasteiger partial charge in [0.1, 0.15) is 11.5 Å². The van der Waals surface area contributed by atoms with Crippen molar-refractivity contribution >= 4 is 44.5 Å². The van der Waals surface area contributed by atoms with Gasteiger partial charge in [0.15, 0.2) is 0 Å². The van der Waals surface area contributed by atoms with E-state index >= 15 is 0 Å². The lowest BCUT2D eigenvalue weighted by Crippen LogP contribution is -2.31. The van der Waals surface area contributed by atoms with Crippen LogP contribution in [0.2, 0.25) is 0 Å². The number of aliphatic hydroxyl groups excluding tert-OH is 1. The first-order valence-electron chi connectivity index (χ1n) is 9.24. The number of fused-ring (bicyclic) bond motifs is 1. The molecule has 154 valence electrons. The van der Waals surface area contributed by atoms with Gasteiger partial charge < -0.3 is 25.0 Å². The first kappa shape index (κ1) is 20.1. The molecule has 0 bridgehead atoms. The van der Waals surface area contributed by atoms with Crippen LogP contribution in [0.4, 0.5) is 5.69 Å². The molecule has 0 atom stereocenters. The van der Waals surface area contributed by atoms with Crippen LogP contribution in [0.3, 0.4) is 0 Å². The molecule has 0 saturated carbocycles. The predicted molar refractivity (Wildman–Crippen MR) is 116 cm³/mol. The average molecular weight is 471 g/mol. The highest BCUT2D eigenvalue weighted by atomic mass is 79.9. The highest BCUT2D eigenvalue weighted by Crippen LogP contribution is 2.26. The Hall–Kier alpha value is -3.17. The largest absolute Gasteiger partial charge is 0.466 e. The van der Waals surface area contributed by atoms with Crippen molar-refractivity contribution in [1.29, 1.82) is 0 Å². The highest BCUT2D eigenvalue weighted by Gasteiger charge is 2.34. The smallest absolute Gasteiger partial charge is 0.337 e. The van der Waals surface area contributed by atoms with Crippen molar-refractivity contribution in [2.24, 2.45) is 0 Å². The van der Waals surface area contributed by atoms with Crippen molar-refractivity contribution in [2.75, 3.05) is 32.1 Å². The van der Waals surface area contributed by atoms with Gasteiger partial charge in [0.2, 0.25) is 0 Å². The molecule has 0 fully saturated rings. The minimum absolute atomic E-state index is 0.0982. The highest BCUT2D eigenvalue weighted by molar-refractivity contribution is 9.10. The second-order valence-electron chi connectivity index (χ2n) is 6.74. The van der Waals surface area contributed by atoms with E-state index in [-0.39, 0.29) is 36.9 Å². The Morgan fingerprint density at radius 1 is 1.30 bits per heavy atom. The third-order valence-electron chi connectivity index (χ3n) is 4.83. The van der Waals surface area contributed by atoms with Gasteiger partial charge in [-0.3, -0.25) is 4.79 Å². The predicted octanol–water partition coefficient (Wildman–Crippen LogP) is 2.67. The summed E-state index contributed by atoms with van der Waals surface area (Å²) in [5.41, 5.74) is 3.72. The number of carbonyl (C=O) groups excluding carboxylic acids is 2. The number of ether oxygens (including phenoxy) is 1. The van der Waals surface area contributed by atoms with Gasteiger partial charge in [0.05, 0.1) is 36.9 Å². The van der Waals surface area contributed by atoms with E-state index in [9.17, 15) is 9.59 Å². The number of nitrogens with zero attached hydrogens (tertiary/aromatic N) is 2. The summed E-state index contributed by atoms with van der Waals surface area (Å²) in [7, 11) is 1.27. The van der Waals surface area contributed by atoms with Crippen LogP contribution in [0.5, 0.6) is 0 Å². The Balaban J connectivity index is 1.58. The number of esters is 1. The number of aliphatic hydroxyl groups is 1. The molecule has 9 heteroatoms. The Morgan fingerprint density at radius 2 is 2.07 bits per heavy atom. The van der Waals surface area contributed by atoms with Gasteiger partial charge in [-0.25, -0.2) is 9.78 Å². The number of benzene rings is 2. The average Bonchev–Trinajstić information content (AvgIpc) is 3.30. The standard InChI is InChI=1S/C21H19BrN4O4/c1-30-21(29)15-11-26(8-9-27)20(28)18(15)23-14-5-2-12(3-6-14)19-24-16-7-4-13(22)10-17(16)25-19/h2-7,10,23,27H,8-9,11H2,1H3,(H,24,25). The number of carbonyl (C=O) groups is 2. The van der Waals surface area contributed by atoms with Gasteiger partial charge in [-0.2, -0.15) is 0 Å². The molecule has 1 aliphatic heterocycles. The van der Waals surface area contributed by atoms with Gasteiger partial charge in [0, 0.05) is 22.3 Å². The molecule has 30 heavy (non-hydrogen) atoms. The van der Waals surface area contributed by atoms with E-state index in [4.69, 9.17) is 9.84 Å². The number of aromatic amines is 1. The third kappa shape index (κ3) is 3.81. The molecule has 0 unspecified atom stereocenters. The molecule has 1 aromatic heterocycles. The number of hydrogen-bond donors (Lipinski definition) is 3. The molecule has 3 N–H and O–H groups in total. The van der Waals surface area contributed by atoms with Crippen molar-refractivity contribution in [3.8, 4) is 11.4 Å². The lowest BCUT2D eigenvalue weighted by Gasteiger charge is -2.15. The number of aromatic nitrogens is 2. The van der Waals surface area contributed by atoms with Crippen molar-refractivity contribution < 1.29 is 19.4 Å². The van der Waals surface area contributed by atoms with E-state index in [2.05, 4.69) is 31.2 Å². The summed E-state index contributed by atoms with van der Waals surface area (Å²) in [6.07, 6.45) is 0. The van der Waals surface area contributed by atoms with E-state index in [0.29, 0.717) is 5.69 Å². The summed E-state index contributed by atoms with van der Waals surface area (Å²) >= 11 is 3.45. The molecule has 0 saturated heterocycles. The van der Waals surface area contributed by atoms with E-state index in [1.165, 1.54) is 12.0 Å². The van der Waals surface area contributed by atoms with Crippen LogP contribution >= 0.6 is 15.9 Å². The molecule has 0 spiro atoms. The first-order valence-corrected chi connectivity index (χ1v) is 10.0. The first-order chi connectivity index (χ1) is 14.5. The van der Waals surface area contributed by atoms with Crippen LogP contribution in [0, 0.1) is 0 Å². The zero-order valence-electron chi connectivity index (χ0n) is 16.1. The second-order valence-corrected chi connectivity index (χ2v) is 7.66. The zero-order valence-corrected chi connectivity index (χ0v) is 17.7. The number of anilines is 1. The molecule has 0 aliphatic carbocycles. The fourth-order valence-electron chi connectivity index (χ4n) is 3.32. The van der Waals surface area contributed by atoms with Crippen LogP contribution in [0.15, 0.2) is 58.2 Å². The number of amides is 1. The summed E-state index contributed by atoms with van der Waals surface area (Å²) in [6.45, 7) is 0.0584. The Labute approximate surface area is 180 Å². The van der Waals surface area contributed by atoms with E-state index in [1.54, 1.807) is 0 Å². The van der Waals surface area contributed by atoms with Crippen molar-refractivity contribution in [3.05, 3.63) is 58.2 Å². The maximum Gasteiger partial charge on any atom is 0.337 e. The number of β-amino-alcohol motifs (C(OH)–C–C–N with tert-alkyl or cyclic N) is 1. The van der Waals surface area contributed by atoms with Crippen LogP contribution in [0.25, 0.3) is 22.4 Å². The zero-order chi connectivity index (χ0) is 21.3. The SMILES string of the molecule is COC(=O)C1=C(Nc2ccc(-c3nc4ccc(Br)cc4[nH]3)cc2)C(=O)N(CCO)C1.